The summed E-state index contributed by atoms with van der Waals surface area (Å²) in [6.07, 6.45) is 9.38. The van der Waals surface area contributed by atoms with Crippen LogP contribution in [0.5, 0.6) is 0 Å². The third-order valence-electron chi connectivity index (χ3n) is 4.99. The summed E-state index contributed by atoms with van der Waals surface area (Å²) in [5.41, 5.74) is 3.16. The lowest BCUT2D eigenvalue weighted by atomic mass is 10.0. The Kier molecular flexibility index (Phi) is 4.84. The molecule has 0 atom stereocenters. The van der Waals surface area contributed by atoms with Gasteiger partial charge in [-0.25, -0.2) is 9.07 Å². The minimum Gasteiger partial charge on any atom is -0.355 e. The molecule has 1 aromatic heterocycles. The van der Waals surface area contributed by atoms with Crippen LogP contribution in [0.2, 0.25) is 0 Å². The van der Waals surface area contributed by atoms with Gasteiger partial charge in [-0.3, -0.25) is 9.69 Å². The lowest BCUT2D eigenvalue weighted by molar-refractivity contribution is -0.122. The van der Waals surface area contributed by atoms with Crippen LogP contribution in [0.1, 0.15) is 24.8 Å². The van der Waals surface area contributed by atoms with E-state index < -0.39 is 0 Å². The Morgan fingerprint density at radius 3 is 2.77 bits per heavy atom. The van der Waals surface area contributed by atoms with Gasteiger partial charge in [0.15, 0.2) is 0 Å². The zero-order valence-electron chi connectivity index (χ0n) is 14.7. The van der Waals surface area contributed by atoms with Crippen LogP contribution in [0.25, 0.3) is 11.3 Å². The van der Waals surface area contributed by atoms with E-state index in [1.54, 1.807) is 16.8 Å². The van der Waals surface area contributed by atoms with Gasteiger partial charge in [0.2, 0.25) is 5.91 Å². The summed E-state index contributed by atoms with van der Waals surface area (Å²) in [7, 11) is 0. The Labute approximate surface area is 152 Å². The molecule has 26 heavy (non-hydrogen) atoms. The van der Waals surface area contributed by atoms with Crippen LogP contribution < -0.4 is 5.32 Å². The number of hydrogen-bond acceptors (Lipinski definition) is 3. The summed E-state index contributed by atoms with van der Waals surface area (Å²) in [6.45, 7) is 2.93. The maximum atomic E-state index is 13.0. The van der Waals surface area contributed by atoms with E-state index in [4.69, 9.17) is 0 Å². The number of aromatic nitrogens is 2. The van der Waals surface area contributed by atoms with Crippen molar-refractivity contribution in [3.63, 3.8) is 0 Å². The van der Waals surface area contributed by atoms with E-state index in [0.717, 1.165) is 37.3 Å². The molecule has 136 valence electrons. The van der Waals surface area contributed by atoms with Crippen LogP contribution in [0, 0.1) is 11.7 Å². The zero-order valence-corrected chi connectivity index (χ0v) is 14.7. The second-order valence-electron chi connectivity index (χ2n) is 7.11. The fourth-order valence-corrected chi connectivity index (χ4v) is 3.18. The van der Waals surface area contributed by atoms with Gasteiger partial charge >= 0.3 is 0 Å². The van der Waals surface area contributed by atoms with Gasteiger partial charge in [-0.15, -0.1) is 0 Å². The van der Waals surface area contributed by atoms with Gasteiger partial charge in [0.1, 0.15) is 5.82 Å². The largest absolute Gasteiger partial charge is 0.355 e. The Morgan fingerprint density at radius 1 is 1.27 bits per heavy atom. The van der Waals surface area contributed by atoms with Crippen LogP contribution in [-0.2, 0) is 4.79 Å². The monoisotopic (exact) mass is 354 g/mol. The quantitative estimate of drug-likeness (QED) is 0.868. The van der Waals surface area contributed by atoms with Crippen molar-refractivity contribution in [3.8, 4) is 5.69 Å². The van der Waals surface area contributed by atoms with Crippen molar-refractivity contribution in [3.05, 3.63) is 54.1 Å². The fourth-order valence-electron chi connectivity index (χ4n) is 3.18. The Morgan fingerprint density at radius 2 is 2.08 bits per heavy atom. The number of rotatable bonds is 6. The number of hydrogen-bond donors (Lipinski definition) is 1. The van der Waals surface area contributed by atoms with E-state index in [1.807, 2.05) is 12.4 Å². The van der Waals surface area contributed by atoms with E-state index in [0.29, 0.717) is 12.5 Å². The second-order valence-corrected chi connectivity index (χ2v) is 7.11. The highest BCUT2D eigenvalue weighted by Crippen LogP contribution is 2.27. The van der Waals surface area contributed by atoms with Crippen molar-refractivity contribution in [1.82, 2.24) is 20.0 Å². The highest BCUT2D eigenvalue weighted by molar-refractivity contribution is 5.78. The van der Waals surface area contributed by atoms with Crippen LogP contribution in [0.4, 0.5) is 4.39 Å². The third-order valence-corrected chi connectivity index (χ3v) is 4.99. The number of halogens is 1. The van der Waals surface area contributed by atoms with Gasteiger partial charge in [0, 0.05) is 31.4 Å². The topological polar surface area (TPSA) is 50.2 Å². The molecule has 4 rings (SSSR count). The molecule has 0 bridgehead atoms. The van der Waals surface area contributed by atoms with E-state index >= 15 is 0 Å². The number of amides is 1. The summed E-state index contributed by atoms with van der Waals surface area (Å²) >= 11 is 0. The summed E-state index contributed by atoms with van der Waals surface area (Å²) in [6, 6.07) is 6.29. The molecule has 1 aromatic carbocycles. The Hall–Kier alpha value is -2.47. The molecule has 6 heteroatoms. The van der Waals surface area contributed by atoms with Gasteiger partial charge in [0.25, 0.3) is 0 Å². The molecule has 1 N–H and O–H groups in total. The molecule has 2 aromatic rings. The molecule has 1 amide bonds. The highest BCUT2D eigenvalue weighted by Gasteiger charge is 2.22. The van der Waals surface area contributed by atoms with E-state index in [9.17, 15) is 9.18 Å². The average Bonchev–Trinajstić information content (AvgIpc) is 3.36. The molecule has 2 aliphatic rings. The van der Waals surface area contributed by atoms with Crippen molar-refractivity contribution >= 4 is 11.5 Å². The number of carbonyl (C=O) groups is 1. The Bertz CT molecular complexity index is 807. The first-order valence-electron chi connectivity index (χ1n) is 9.16. The second kappa shape index (κ2) is 7.41. The maximum absolute atomic E-state index is 13.0. The summed E-state index contributed by atoms with van der Waals surface area (Å²) < 4.78 is 14.8. The predicted molar refractivity (Wildman–Crippen MR) is 98.3 cm³/mol. The zero-order chi connectivity index (χ0) is 17.9. The SMILES string of the molecule is O=C(CN1CC=C(c2cnn(-c3ccc(F)cc3)c2)CC1)NCC1CC1. The normalized spacial score (nSPS) is 17.8. The smallest absolute Gasteiger partial charge is 0.234 e. The fraction of sp³-hybridized carbons (Fsp3) is 0.400. The predicted octanol–water partition coefficient (Wildman–Crippen LogP) is 2.63. The van der Waals surface area contributed by atoms with Crippen LogP contribution in [0.3, 0.4) is 0 Å². The highest BCUT2D eigenvalue weighted by atomic mass is 19.1. The number of benzene rings is 1. The van der Waals surface area contributed by atoms with Gasteiger partial charge in [-0.05, 0) is 55.0 Å². The first kappa shape index (κ1) is 17.0. The van der Waals surface area contributed by atoms with Crippen molar-refractivity contribution in [2.24, 2.45) is 5.92 Å². The van der Waals surface area contributed by atoms with E-state index in [2.05, 4.69) is 21.4 Å². The molecular weight excluding hydrogens is 331 g/mol. The number of carbonyl (C=O) groups excluding carboxylic acids is 1. The van der Waals surface area contributed by atoms with E-state index in [1.165, 1.54) is 30.5 Å². The third kappa shape index (κ3) is 4.19. The molecule has 0 unspecified atom stereocenters. The average molecular weight is 354 g/mol. The molecule has 5 nitrogen and oxygen atoms in total. The molecular formula is C20H23FN4O. The molecule has 2 heterocycles. The van der Waals surface area contributed by atoms with Gasteiger partial charge < -0.3 is 5.32 Å². The van der Waals surface area contributed by atoms with Gasteiger partial charge in [-0.2, -0.15) is 5.10 Å². The molecule has 1 aliphatic heterocycles. The lowest BCUT2D eigenvalue weighted by Gasteiger charge is -2.25. The van der Waals surface area contributed by atoms with Crippen molar-refractivity contribution in [2.75, 3.05) is 26.2 Å². The maximum Gasteiger partial charge on any atom is 0.234 e. The molecule has 0 radical (unpaired) electrons. The molecule has 1 fully saturated rings. The lowest BCUT2D eigenvalue weighted by Crippen LogP contribution is -2.39. The minimum absolute atomic E-state index is 0.123. The molecule has 0 spiro atoms. The molecule has 1 saturated carbocycles. The minimum atomic E-state index is -0.252. The molecule has 1 aliphatic carbocycles. The standard InChI is InChI=1S/C20H23FN4O/c21-18-3-5-19(6-4-18)25-13-17(12-23-25)16-7-9-24(10-8-16)14-20(26)22-11-15-1-2-15/h3-7,12-13,15H,1-2,8-11,14H2,(H,22,26). The van der Waals surface area contributed by atoms with Crippen LogP contribution in [0.15, 0.2) is 42.7 Å². The van der Waals surface area contributed by atoms with E-state index in [-0.39, 0.29) is 11.7 Å². The molecule has 0 saturated heterocycles. The first-order chi connectivity index (χ1) is 12.7. The summed E-state index contributed by atoms with van der Waals surface area (Å²) in [5.74, 6) is 0.583. The van der Waals surface area contributed by atoms with Gasteiger partial charge in [0.05, 0.1) is 18.4 Å². The van der Waals surface area contributed by atoms with Crippen LogP contribution in [-0.4, -0.2) is 46.8 Å². The number of nitrogens with zero attached hydrogens (tertiary/aromatic N) is 3. The number of nitrogens with one attached hydrogen (secondary N) is 1. The van der Waals surface area contributed by atoms with Crippen molar-refractivity contribution in [2.45, 2.75) is 19.3 Å². The summed E-state index contributed by atoms with van der Waals surface area (Å²) in [5, 5.41) is 7.40. The van der Waals surface area contributed by atoms with Crippen molar-refractivity contribution < 1.29 is 9.18 Å². The Balaban J connectivity index is 1.33. The van der Waals surface area contributed by atoms with Crippen LogP contribution >= 0.6 is 0 Å². The first-order valence-corrected chi connectivity index (χ1v) is 9.16. The van der Waals surface area contributed by atoms with Crippen molar-refractivity contribution in [1.29, 1.82) is 0 Å². The van der Waals surface area contributed by atoms with Gasteiger partial charge in [-0.1, -0.05) is 6.08 Å². The summed E-state index contributed by atoms with van der Waals surface area (Å²) in [4.78, 5) is 14.1.